The first kappa shape index (κ1) is 11.7. The number of amides is 1. The van der Waals surface area contributed by atoms with E-state index in [1.54, 1.807) is 0 Å². The number of nitrogens with two attached hydrogens (primary N) is 1. The van der Waals surface area contributed by atoms with E-state index >= 15 is 0 Å². The Morgan fingerprint density at radius 2 is 2.28 bits per heavy atom. The van der Waals surface area contributed by atoms with Gasteiger partial charge in [0.05, 0.1) is 6.61 Å². The van der Waals surface area contributed by atoms with Gasteiger partial charge in [-0.3, -0.25) is 4.79 Å². The van der Waals surface area contributed by atoms with E-state index in [4.69, 9.17) is 10.5 Å². The molecule has 4 nitrogen and oxygen atoms in total. The first-order valence-corrected chi connectivity index (χ1v) is 6.40. The minimum absolute atomic E-state index is 0.00236. The first-order chi connectivity index (χ1) is 8.62. The molecule has 1 aromatic carbocycles. The number of carbonyl (C=O) groups excluding carboxylic acids is 1. The van der Waals surface area contributed by atoms with Crippen LogP contribution in [-0.2, 0) is 16.0 Å². The molecule has 2 N–H and O–H groups in total. The predicted molar refractivity (Wildman–Crippen MR) is 69.4 cm³/mol. The van der Waals surface area contributed by atoms with Crippen LogP contribution < -0.4 is 10.6 Å². The average Bonchev–Trinajstić information content (AvgIpc) is 2.92. The molecule has 2 heterocycles. The van der Waals surface area contributed by atoms with E-state index in [1.807, 2.05) is 23.1 Å². The van der Waals surface area contributed by atoms with Crippen molar-refractivity contribution in [3.63, 3.8) is 0 Å². The third-order valence-electron chi connectivity index (χ3n) is 3.90. The molecular weight excluding hydrogens is 228 g/mol. The maximum atomic E-state index is 12.7. The molecule has 0 aliphatic carbocycles. The van der Waals surface area contributed by atoms with Crippen molar-refractivity contribution in [3.8, 4) is 0 Å². The number of hydrogen-bond donors (Lipinski definition) is 1. The predicted octanol–water partition coefficient (Wildman–Crippen LogP) is 1.08. The summed E-state index contributed by atoms with van der Waals surface area (Å²) >= 11 is 0. The highest BCUT2D eigenvalue weighted by atomic mass is 16.5. The highest BCUT2D eigenvalue weighted by molar-refractivity contribution is 6.02. The number of hydrogen-bond acceptors (Lipinski definition) is 3. The van der Waals surface area contributed by atoms with Gasteiger partial charge < -0.3 is 15.4 Å². The summed E-state index contributed by atoms with van der Waals surface area (Å²) in [6.07, 6.45) is 1.51. The van der Waals surface area contributed by atoms with Gasteiger partial charge in [0.2, 0.25) is 5.91 Å². The van der Waals surface area contributed by atoms with Gasteiger partial charge in [0, 0.05) is 18.3 Å². The third-order valence-corrected chi connectivity index (χ3v) is 3.90. The van der Waals surface area contributed by atoms with Gasteiger partial charge in [0.15, 0.2) is 0 Å². The quantitative estimate of drug-likeness (QED) is 0.806. The van der Waals surface area contributed by atoms with E-state index in [-0.39, 0.29) is 11.9 Å². The van der Waals surface area contributed by atoms with Crippen molar-refractivity contribution >= 4 is 11.6 Å². The molecule has 0 bridgehead atoms. The fourth-order valence-electron chi connectivity index (χ4n) is 2.86. The number of anilines is 1. The average molecular weight is 246 g/mol. The van der Waals surface area contributed by atoms with Gasteiger partial charge in [0.1, 0.15) is 5.54 Å². The number of rotatable bonds is 1. The van der Waals surface area contributed by atoms with Gasteiger partial charge in [-0.2, -0.15) is 0 Å². The minimum atomic E-state index is -0.842. The third kappa shape index (κ3) is 1.64. The molecule has 0 spiro atoms. The van der Waals surface area contributed by atoms with Crippen molar-refractivity contribution in [2.75, 3.05) is 18.1 Å². The molecule has 4 heteroatoms. The second-order valence-corrected chi connectivity index (χ2v) is 5.32. The SMILES string of the molecule is CC1Cc2ccccc2N1C(=O)C1(N)CCOC1. The van der Waals surface area contributed by atoms with Gasteiger partial charge in [-0.1, -0.05) is 18.2 Å². The fraction of sp³-hybridized carbons (Fsp3) is 0.500. The summed E-state index contributed by atoms with van der Waals surface area (Å²) in [7, 11) is 0. The van der Waals surface area contributed by atoms with Crippen LogP contribution in [0.15, 0.2) is 24.3 Å². The summed E-state index contributed by atoms with van der Waals surface area (Å²) in [4.78, 5) is 14.5. The lowest BCUT2D eigenvalue weighted by atomic mass is 9.97. The number of fused-ring (bicyclic) bond motifs is 1. The van der Waals surface area contributed by atoms with E-state index in [2.05, 4.69) is 13.0 Å². The summed E-state index contributed by atoms with van der Waals surface area (Å²) in [6, 6.07) is 8.22. The Bertz CT molecular complexity index is 480. The Balaban J connectivity index is 1.95. The van der Waals surface area contributed by atoms with Crippen LogP contribution in [0.25, 0.3) is 0 Å². The Labute approximate surface area is 107 Å². The molecule has 2 unspecified atom stereocenters. The standard InChI is InChI=1S/C14H18N2O2/c1-10-8-11-4-2-3-5-12(11)16(10)13(17)14(15)6-7-18-9-14/h2-5,10H,6-9,15H2,1H3. The molecule has 2 aliphatic rings. The highest BCUT2D eigenvalue weighted by Gasteiger charge is 2.44. The lowest BCUT2D eigenvalue weighted by Gasteiger charge is -2.31. The number of carbonyl (C=O) groups is 1. The molecule has 1 saturated heterocycles. The Morgan fingerprint density at radius 1 is 1.50 bits per heavy atom. The van der Waals surface area contributed by atoms with Crippen molar-refractivity contribution < 1.29 is 9.53 Å². The minimum Gasteiger partial charge on any atom is -0.379 e. The Morgan fingerprint density at radius 3 is 3.00 bits per heavy atom. The molecule has 3 rings (SSSR count). The van der Waals surface area contributed by atoms with Crippen LogP contribution in [0.5, 0.6) is 0 Å². The molecule has 1 fully saturated rings. The molecule has 18 heavy (non-hydrogen) atoms. The maximum Gasteiger partial charge on any atom is 0.249 e. The van der Waals surface area contributed by atoms with Crippen LogP contribution in [0, 0.1) is 0 Å². The van der Waals surface area contributed by atoms with Gasteiger partial charge in [0.25, 0.3) is 0 Å². The summed E-state index contributed by atoms with van der Waals surface area (Å²) in [5, 5.41) is 0. The van der Waals surface area contributed by atoms with Crippen molar-refractivity contribution in [1.29, 1.82) is 0 Å². The lowest BCUT2D eigenvalue weighted by molar-refractivity contribution is -0.124. The van der Waals surface area contributed by atoms with Crippen LogP contribution in [0.3, 0.4) is 0 Å². The monoisotopic (exact) mass is 246 g/mol. The topological polar surface area (TPSA) is 55.6 Å². The van der Waals surface area contributed by atoms with Gasteiger partial charge >= 0.3 is 0 Å². The zero-order valence-corrected chi connectivity index (χ0v) is 10.6. The number of benzene rings is 1. The normalized spacial score (nSPS) is 30.6. The molecule has 96 valence electrons. The van der Waals surface area contributed by atoms with Crippen LogP contribution in [0.2, 0.25) is 0 Å². The number of para-hydroxylation sites is 1. The number of nitrogens with zero attached hydrogens (tertiary/aromatic N) is 1. The van der Waals surface area contributed by atoms with Crippen molar-refractivity contribution in [2.24, 2.45) is 5.73 Å². The molecule has 0 aromatic heterocycles. The summed E-state index contributed by atoms with van der Waals surface area (Å²) in [6.45, 7) is 2.97. The second-order valence-electron chi connectivity index (χ2n) is 5.32. The van der Waals surface area contributed by atoms with E-state index in [0.29, 0.717) is 19.6 Å². The van der Waals surface area contributed by atoms with Crippen molar-refractivity contribution in [3.05, 3.63) is 29.8 Å². The van der Waals surface area contributed by atoms with E-state index in [9.17, 15) is 4.79 Å². The van der Waals surface area contributed by atoms with Crippen LogP contribution in [-0.4, -0.2) is 30.7 Å². The largest absolute Gasteiger partial charge is 0.379 e. The molecular formula is C14H18N2O2. The van der Waals surface area contributed by atoms with Gasteiger partial charge in [-0.05, 0) is 31.4 Å². The number of ether oxygens (including phenoxy) is 1. The highest BCUT2D eigenvalue weighted by Crippen LogP contribution is 2.34. The van der Waals surface area contributed by atoms with Gasteiger partial charge in [-0.25, -0.2) is 0 Å². The summed E-state index contributed by atoms with van der Waals surface area (Å²) < 4.78 is 5.29. The van der Waals surface area contributed by atoms with E-state index in [1.165, 1.54) is 5.56 Å². The second kappa shape index (κ2) is 4.07. The van der Waals surface area contributed by atoms with Crippen LogP contribution in [0.1, 0.15) is 18.9 Å². The molecule has 0 saturated carbocycles. The Kier molecular flexibility index (Phi) is 2.64. The Hall–Kier alpha value is -1.39. The smallest absolute Gasteiger partial charge is 0.249 e. The van der Waals surface area contributed by atoms with E-state index in [0.717, 1.165) is 12.1 Å². The summed E-state index contributed by atoms with van der Waals surface area (Å²) in [5.41, 5.74) is 7.57. The molecule has 1 amide bonds. The van der Waals surface area contributed by atoms with Crippen molar-refractivity contribution in [1.82, 2.24) is 0 Å². The van der Waals surface area contributed by atoms with Crippen LogP contribution in [0.4, 0.5) is 5.69 Å². The molecule has 2 aliphatic heterocycles. The summed E-state index contributed by atoms with van der Waals surface area (Å²) in [5.74, 6) is -0.00236. The zero-order valence-electron chi connectivity index (χ0n) is 10.6. The fourth-order valence-corrected chi connectivity index (χ4v) is 2.86. The van der Waals surface area contributed by atoms with Crippen molar-refractivity contribution in [2.45, 2.75) is 31.3 Å². The van der Waals surface area contributed by atoms with E-state index < -0.39 is 5.54 Å². The zero-order chi connectivity index (χ0) is 12.8. The lowest BCUT2D eigenvalue weighted by Crippen LogP contribution is -2.57. The first-order valence-electron chi connectivity index (χ1n) is 6.40. The van der Waals surface area contributed by atoms with Gasteiger partial charge in [-0.15, -0.1) is 0 Å². The molecule has 1 aromatic rings. The maximum absolute atomic E-state index is 12.7. The van der Waals surface area contributed by atoms with Crippen LogP contribution >= 0.6 is 0 Å². The molecule has 0 radical (unpaired) electrons. The molecule has 2 atom stereocenters.